The zero-order valence-electron chi connectivity index (χ0n) is 15.2. The number of rotatable bonds is 2. The quantitative estimate of drug-likeness (QED) is 0.822. The molecule has 2 saturated heterocycles. The van der Waals surface area contributed by atoms with E-state index in [-0.39, 0.29) is 17.6 Å². The van der Waals surface area contributed by atoms with Crippen molar-refractivity contribution in [2.45, 2.75) is 31.5 Å². The lowest BCUT2D eigenvalue weighted by atomic mass is 9.91. The molecular weight excluding hydrogens is 332 g/mol. The molecule has 0 aliphatic carbocycles. The number of benzene rings is 1. The topological polar surface area (TPSA) is 69.5 Å². The minimum absolute atomic E-state index is 0.0304. The van der Waals surface area contributed by atoms with E-state index in [2.05, 4.69) is 10.1 Å². The van der Waals surface area contributed by atoms with Crippen LogP contribution in [-0.4, -0.2) is 63.6 Å². The molecule has 7 heteroatoms. The Bertz CT molecular complexity index is 780. The van der Waals surface area contributed by atoms with Crippen LogP contribution in [0.5, 0.6) is 0 Å². The fourth-order valence-corrected chi connectivity index (χ4v) is 3.81. The van der Waals surface area contributed by atoms with Gasteiger partial charge in [-0.1, -0.05) is 12.1 Å². The van der Waals surface area contributed by atoms with Crippen LogP contribution in [0.4, 0.5) is 0 Å². The lowest BCUT2D eigenvalue weighted by Crippen LogP contribution is -2.58. The molecular formula is C19H24N4O3. The van der Waals surface area contributed by atoms with Gasteiger partial charge in [-0.25, -0.2) is 4.98 Å². The van der Waals surface area contributed by atoms with E-state index in [9.17, 15) is 4.79 Å². The smallest absolute Gasteiger partial charge is 0.254 e. The third-order valence-electron chi connectivity index (χ3n) is 5.09. The van der Waals surface area contributed by atoms with E-state index in [1.54, 1.807) is 11.0 Å². The number of hydrogen-bond acceptors (Lipinski definition) is 5. The zero-order chi connectivity index (χ0) is 18.1. The molecule has 0 saturated carbocycles. The highest BCUT2D eigenvalue weighted by Gasteiger charge is 2.42. The van der Waals surface area contributed by atoms with Gasteiger partial charge < -0.3 is 14.4 Å². The molecule has 138 valence electrons. The van der Waals surface area contributed by atoms with Crippen LogP contribution >= 0.6 is 0 Å². The molecule has 0 N–H and O–H groups in total. The molecule has 1 atom stereocenters. The predicted octanol–water partition coefficient (Wildman–Crippen LogP) is 1.89. The maximum absolute atomic E-state index is 13.0. The normalized spacial score (nSPS) is 22.5. The maximum Gasteiger partial charge on any atom is 0.254 e. The SMILES string of the molecule is CC1CN(C(=O)c2ccc(-c3ncn(C)n3)cc2)CC2(CCOCC2)O1. The number of nitrogens with zero attached hydrogens (tertiary/aromatic N) is 4. The lowest BCUT2D eigenvalue weighted by molar-refractivity contribution is -0.176. The van der Waals surface area contributed by atoms with Crippen LogP contribution in [0.25, 0.3) is 11.4 Å². The standard InChI is InChI=1S/C19H24N4O3/c1-14-11-23(12-19(26-14)7-9-25-10-8-19)18(24)16-5-3-15(4-6-16)17-20-13-22(2)21-17/h3-6,13-14H,7-12H2,1-2H3. The third-order valence-corrected chi connectivity index (χ3v) is 5.09. The Morgan fingerprint density at radius 2 is 1.96 bits per heavy atom. The molecule has 1 aromatic carbocycles. The number of carbonyl (C=O) groups is 1. The van der Waals surface area contributed by atoms with Gasteiger partial charge in [0.05, 0.1) is 18.2 Å². The van der Waals surface area contributed by atoms with Gasteiger partial charge in [0.2, 0.25) is 0 Å². The van der Waals surface area contributed by atoms with Gasteiger partial charge in [-0.3, -0.25) is 9.48 Å². The summed E-state index contributed by atoms with van der Waals surface area (Å²) in [6.45, 7) is 4.67. The summed E-state index contributed by atoms with van der Waals surface area (Å²) in [5, 5.41) is 4.29. The summed E-state index contributed by atoms with van der Waals surface area (Å²) >= 11 is 0. The summed E-state index contributed by atoms with van der Waals surface area (Å²) < 4.78 is 13.4. The summed E-state index contributed by atoms with van der Waals surface area (Å²) in [6, 6.07) is 7.50. The second kappa shape index (κ2) is 6.81. The molecule has 7 nitrogen and oxygen atoms in total. The molecule has 3 heterocycles. The van der Waals surface area contributed by atoms with Crippen molar-refractivity contribution in [3.8, 4) is 11.4 Å². The minimum Gasteiger partial charge on any atom is -0.381 e. The number of aryl methyl sites for hydroxylation is 1. The first-order chi connectivity index (χ1) is 12.5. The molecule has 0 bridgehead atoms. The number of carbonyl (C=O) groups excluding carboxylic acids is 1. The Morgan fingerprint density at radius 3 is 2.62 bits per heavy atom. The van der Waals surface area contributed by atoms with Gasteiger partial charge in [0, 0.05) is 50.8 Å². The van der Waals surface area contributed by atoms with E-state index in [1.165, 1.54) is 0 Å². The Morgan fingerprint density at radius 1 is 1.23 bits per heavy atom. The molecule has 2 fully saturated rings. The van der Waals surface area contributed by atoms with Crippen molar-refractivity contribution >= 4 is 5.91 Å². The van der Waals surface area contributed by atoms with Crippen molar-refractivity contribution in [1.82, 2.24) is 19.7 Å². The number of hydrogen-bond donors (Lipinski definition) is 0. The second-order valence-electron chi connectivity index (χ2n) is 7.23. The zero-order valence-corrected chi connectivity index (χ0v) is 15.2. The van der Waals surface area contributed by atoms with Gasteiger partial charge in [0.1, 0.15) is 6.33 Å². The van der Waals surface area contributed by atoms with Crippen LogP contribution in [0.2, 0.25) is 0 Å². The Labute approximate surface area is 152 Å². The maximum atomic E-state index is 13.0. The van der Waals surface area contributed by atoms with Crippen LogP contribution < -0.4 is 0 Å². The fraction of sp³-hybridized carbons (Fsp3) is 0.526. The van der Waals surface area contributed by atoms with E-state index in [0.29, 0.717) is 37.7 Å². The molecule has 26 heavy (non-hydrogen) atoms. The first-order valence-electron chi connectivity index (χ1n) is 9.06. The molecule has 1 unspecified atom stereocenters. The average molecular weight is 356 g/mol. The molecule has 2 aliphatic heterocycles. The number of aromatic nitrogens is 3. The van der Waals surface area contributed by atoms with Gasteiger partial charge in [-0.2, -0.15) is 5.10 Å². The predicted molar refractivity (Wildman–Crippen MR) is 95.7 cm³/mol. The van der Waals surface area contributed by atoms with E-state index >= 15 is 0 Å². The largest absolute Gasteiger partial charge is 0.381 e. The van der Waals surface area contributed by atoms with Crippen LogP contribution in [0.3, 0.4) is 0 Å². The Hall–Kier alpha value is -2.25. The highest BCUT2D eigenvalue weighted by Crippen LogP contribution is 2.32. The van der Waals surface area contributed by atoms with Gasteiger partial charge >= 0.3 is 0 Å². The van der Waals surface area contributed by atoms with Crippen LogP contribution in [0, 0.1) is 0 Å². The summed E-state index contributed by atoms with van der Waals surface area (Å²) in [4.78, 5) is 19.2. The first kappa shape index (κ1) is 17.2. The van der Waals surface area contributed by atoms with Gasteiger partial charge in [-0.05, 0) is 19.1 Å². The van der Waals surface area contributed by atoms with Crippen LogP contribution in [0.1, 0.15) is 30.1 Å². The summed E-state index contributed by atoms with van der Waals surface area (Å²) in [5.74, 6) is 0.708. The number of morpholine rings is 1. The second-order valence-corrected chi connectivity index (χ2v) is 7.23. The van der Waals surface area contributed by atoms with Crippen molar-refractivity contribution < 1.29 is 14.3 Å². The van der Waals surface area contributed by atoms with Gasteiger partial charge in [0.15, 0.2) is 5.82 Å². The van der Waals surface area contributed by atoms with Gasteiger partial charge in [-0.15, -0.1) is 0 Å². The number of amides is 1. The monoisotopic (exact) mass is 356 g/mol. The highest BCUT2D eigenvalue weighted by atomic mass is 16.5. The van der Waals surface area contributed by atoms with Crippen molar-refractivity contribution in [3.05, 3.63) is 36.2 Å². The molecule has 4 rings (SSSR count). The Balaban J connectivity index is 1.51. The first-order valence-corrected chi connectivity index (χ1v) is 9.06. The van der Waals surface area contributed by atoms with Crippen LogP contribution in [-0.2, 0) is 16.5 Å². The number of ether oxygens (including phenoxy) is 2. The van der Waals surface area contributed by atoms with Crippen LogP contribution in [0.15, 0.2) is 30.6 Å². The van der Waals surface area contributed by atoms with E-state index in [4.69, 9.17) is 9.47 Å². The summed E-state index contributed by atoms with van der Waals surface area (Å²) in [5.41, 5.74) is 1.32. The molecule has 1 spiro atoms. The Kier molecular flexibility index (Phi) is 4.50. The lowest BCUT2D eigenvalue weighted by Gasteiger charge is -2.47. The van der Waals surface area contributed by atoms with Gasteiger partial charge in [0.25, 0.3) is 5.91 Å². The summed E-state index contributed by atoms with van der Waals surface area (Å²) in [6.07, 6.45) is 3.37. The van der Waals surface area contributed by atoms with E-state index < -0.39 is 0 Å². The molecule has 0 radical (unpaired) electrons. The van der Waals surface area contributed by atoms with E-state index in [0.717, 1.165) is 18.4 Å². The van der Waals surface area contributed by atoms with Crippen molar-refractivity contribution in [3.63, 3.8) is 0 Å². The van der Waals surface area contributed by atoms with Crippen molar-refractivity contribution in [2.75, 3.05) is 26.3 Å². The molecule has 1 amide bonds. The average Bonchev–Trinajstić information content (AvgIpc) is 3.07. The molecule has 2 aliphatic rings. The molecule has 2 aromatic rings. The van der Waals surface area contributed by atoms with E-state index in [1.807, 2.05) is 43.1 Å². The highest BCUT2D eigenvalue weighted by molar-refractivity contribution is 5.94. The van der Waals surface area contributed by atoms with Crippen molar-refractivity contribution in [1.29, 1.82) is 0 Å². The minimum atomic E-state index is -0.261. The molecule has 1 aromatic heterocycles. The summed E-state index contributed by atoms with van der Waals surface area (Å²) in [7, 11) is 1.83. The van der Waals surface area contributed by atoms with Crippen molar-refractivity contribution in [2.24, 2.45) is 7.05 Å². The third kappa shape index (κ3) is 3.37. The fourth-order valence-electron chi connectivity index (χ4n) is 3.81.